The third-order valence-electron chi connectivity index (χ3n) is 4.05. The largest absolute Gasteiger partial charge is 0.504 e. The molecule has 0 amide bonds. The molecular formula is C22H22O6. The average Bonchev–Trinajstić information content (AvgIpc) is 2.71. The molecule has 0 atom stereocenters. The summed E-state index contributed by atoms with van der Waals surface area (Å²) in [5, 5.41) is 28.0. The fourth-order valence-electron chi connectivity index (χ4n) is 2.52. The molecule has 2 rings (SSSR count). The van der Waals surface area contributed by atoms with E-state index in [1.165, 1.54) is 25.3 Å². The Morgan fingerprint density at radius 1 is 0.893 bits per heavy atom. The maximum atomic E-state index is 12.0. The van der Waals surface area contributed by atoms with Gasteiger partial charge in [0.2, 0.25) is 0 Å². The molecule has 0 saturated carbocycles. The molecule has 6 nitrogen and oxygen atoms in total. The Morgan fingerprint density at radius 2 is 1.46 bits per heavy atom. The molecule has 0 aliphatic rings. The van der Waals surface area contributed by atoms with Crippen LogP contribution in [0.5, 0.6) is 11.5 Å². The highest BCUT2D eigenvalue weighted by Crippen LogP contribution is 2.26. The number of ketones is 2. The highest BCUT2D eigenvalue weighted by molar-refractivity contribution is 6.10. The molecular weight excluding hydrogens is 360 g/mol. The van der Waals surface area contributed by atoms with E-state index in [4.69, 9.17) is 4.74 Å². The van der Waals surface area contributed by atoms with Crippen molar-refractivity contribution < 1.29 is 29.6 Å². The van der Waals surface area contributed by atoms with Gasteiger partial charge in [-0.3, -0.25) is 9.59 Å². The highest BCUT2D eigenvalue weighted by Gasteiger charge is 2.06. The number of hydrogen-bond acceptors (Lipinski definition) is 6. The van der Waals surface area contributed by atoms with Crippen molar-refractivity contribution in [1.29, 1.82) is 0 Å². The molecule has 0 unspecified atom stereocenters. The van der Waals surface area contributed by atoms with Gasteiger partial charge in [0.05, 0.1) is 26.7 Å². The number of ether oxygens (including phenoxy) is 1. The molecule has 2 aromatic rings. The molecule has 2 aromatic carbocycles. The van der Waals surface area contributed by atoms with Gasteiger partial charge in [0, 0.05) is 0 Å². The van der Waals surface area contributed by atoms with Crippen LogP contribution in [0.25, 0.3) is 12.2 Å². The lowest BCUT2D eigenvalue weighted by Gasteiger charge is -2.05. The molecule has 0 fully saturated rings. The number of benzene rings is 2. The van der Waals surface area contributed by atoms with Crippen LogP contribution in [0.3, 0.4) is 0 Å². The third kappa shape index (κ3) is 5.90. The van der Waals surface area contributed by atoms with E-state index >= 15 is 0 Å². The summed E-state index contributed by atoms with van der Waals surface area (Å²) in [6.07, 6.45) is 5.44. The third-order valence-corrected chi connectivity index (χ3v) is 4.05. The second-order valence-corrected chi connectivity index (χ2v) is 6.05. The van der Waals surface area contributed by atoms with Crippen LogP contribution >= 0.6 is 0 Å². The minimum atomic E-state index is -0.353. The van der Waals surface area contributed by atoms with Crippen molar-refractivity contribution in [1.82, 2.24) is 0 Å². The van der Waals surface area contributed by atoms with E-state index in [2.05, 4.69) is 0 Å². The normalized spacial score (nSPS) is 11.2. The molecule has 0 heterocycles. The second kappa shape index (κ2) is 10.2. The molecule has 0 bridgehead atoms. The van der Waals surface area contributed by atoms with Gasteiger partial charge in [-0.15, -0.1) is 0 Å². The molecule has 0 aromatic heterocycles. The van der Waals surface area contributed by atoms with Gasteiger partial charge >= 0.3 is 0 Å². The second-order valence-electron chi connectivity index (χ2n) is 6.05. The Hall–Kier alpha value is -3.22. The van der Waals surface area contributed by atoms with Crippen molar-refractivity contribution in [2.75, 3.05) is 7.11 Å². The molecule has 146 valence electrons. The zero-order valence-electron chi connectivity index (χ0n) is 15.5. The molecule has 3 N–H and O–H groups in total. The van der Waals surface area contributed by atoms with Crippen LogP contribution in [-0.4, -0.2) is 34.0 Å². The van der Waals surface area contributed by atoms with E-state index in [9.17, 15) is 24.9 Å². The molecule has 0 aliphatic heterocycles. The number of aromatic hydroxyl groups is 1. The molecule has 0 aliphatic carbocycles. The van der Waals surface area contributed by atoms with Crippen molar-refractivity contribution >= 4 is 23.7 Å². The van der Waals surface area contributed by atoms with Crippen molar-refractivity contribution in [3.63, 3.8) is 0 Å². The summed E-state index contributed by atoms with van der Waals surface area (Å²) in [5.74, 6) is -0.408. The summed E-state index contributed by atoms with van der Waals surface area (Å²) in [6, 6.07) is 9.73. The van der Waals surface area contributed by atoms with Gasteiger partial charge < -0.3 is 20.1 Å². The van der Waals surface area contributed by atoms with Crippen LogP contribution < -0.4 is 4.74 Å². The summed E-state index contributed by atoms with van der Waals surface area (Å²) >= 11 is 0. The molecule has 0 saturated heterocycles. The predicted octanol–water partition coefficient (Wildman–Crippen LogP) is 2.64. The number of aliphatic hydroxyl groups is 2. The minimum absolute atomic E-state index is 0.00247. The van der Waals surface area contributed by atoms with Crippen LogP contribution in [0, 0.1) is 0 Å². The monoisotopic (exact) mass is 382 g/mol. The Balaban J connectivity index is 1.97. The number of phenolic OH excluding ortho intramolecular Hbond substituents is 1. The zero-order chi connectivity index (χ0) is 20.5. The fourth-order valence-corrected chi connectivity index (χ4v) is 2.52. The smallest absolute Gasteiger partial charge is 0.163 e. The molecule has 0 spiro atoms. The average molecular weight is 382 g/mol. The maximum Gasteiger partial charge on any atom is 0.163 e. The van der Waals surface area contributed by atoms with Gasteiger partial charge in [0.15, 0.2) is 23.1 Å². The topological polar surface area (TPSA) is 104 Å². The van der Waals surface area contributed by atoms with Crippen LogP contribution in [0.4, 0.5) is 0 Å². The standard InChI is InChI=1S/C22H22O6/c1-28-22-11-16(5-9-21(22)27)4-8-20(26)12-19(25)7-3-15-2-6-17(13-23)18(10-15)14-24/h2-11,23-24,27H,12-14H2,1H3/b7-3+,8-4+. The van der Waals surface area contributed by atoms with Gasteiger partial charge in [0.1, 0.15) is 0 Å². The van der Waals surface area contributed by atoms with Crippen molar-refractivity contribution in [3.05, 3.63) is 70.8 Å². The molecule has 0 radical (unpaired) electrons. The molecule has 6 heteroatoms. The number of methoxy groups -OCH3 is 1. The van der Waals surface area contributed by atoms with E-state index in [1.807, 2.05) is 0 Å². The lowest BCUT2D eigenvalue weighted by Crippen LogP contribution is -2.02. The lowest BCUT2D eigenvalue weighted by atomic mass is 10.0. The first-order valence-electron chi connectivity index (χ1n) is 8.59. The van der Waals surface area contributed by atoms with E-state index in [0.717, 1.165) is 0 Å². The van der Waals surface area contributed by atoms with Gasteiger partial charge in [0.25, 0.3) is 0 Å². The number of carbonyl (C=O) groups excluding carboxylic acids is 2. The van der Waals surface area contributed by atoms with Gasteiger partial charge in [-0.2, -0.15) is 0 Å². The van der Waals surface area contributed by atoms with Crippen LogP contribution in [0.15, 0.2) is 48.6 Å². The number of phenols is 1. The van der Waals surface area contributed by atoms with Gasteiger partial charge in [-0.1, -0.05) is 30.4 Å². The van der Waals surface area contributed by atoms with Crippen LogP contribution in [-0.2, 0) is 22.8 Å². The Morgan fingerprint density at radius 3 is 2.04 bits per heavy atom. The Labute approximate surface area is 163 Å². The summed E-state index contributed by atoms with van der Waals surface area (Å²) in [6.45, 7) is -0.386. The minimum Gasteiger partial charge on any atom is -0.504 e. The predicted molar refractivity (Wildman–Crippen MR) is 106 cm³/mol. The summed E-state index contributed by atoms with van der Waals surface area (Å²) in [7, 11) is 1.43. The number of hydrogen-bond donors (Lipinski definition) is 3. The van der Waals surface area contributed by atoms with Crippen molar-refractivity contribution in [3.8, 4) is 11.5 Å². The SMILES string of the molecule is COc1cc(/C=C/C(=O)CC(=O)/C=C/c2ccc(CO)c(CO)c2)ccc1O. The number of aliphatic hydroxyl groups excluding tert-OH is 2. The number of rotatable bonds is 9. The first-order valence-corrected chi connectivity index (χ1v) is 8.59. The van der Waals surface area contributed by atoms with E-state index in [1.54, 1.807) is 42.5 Å². The molecule has 28 heavy (non-hydrogen) atoms. The van der Waals surface area contributed by atoms with E-state index in [-0.39, 0.29) is 37.0 Å². The van der Waals surface area contributed by atoms with Crippen molar-refractivity contribution in [2.24, 2.45) is 0 Å². The highest BCUT2D eigenvalue weighted by atomic mass is 16.5. The lowest BCUT2D eigenvalue weighted by molar-refractivity contribution is -0.121. The van der Waals surface area contributed by atoms with Gasteiger partial charge in [-0.05, 0) is 52.6 Å². The number of carbonyl (C=O) groups is 2. The quantitative estimate of drug-likeness (QED) is 0.455. The number of allylic oxidation sites excluding steroid dienone is 2. The van der Waals surface area contributed by atoms with Crippen LogP contribution in [0.2, 0.25) is 0 Å². The first-order chi connectivity index (χ1) is 13.5. The van der Waals surface area contributed by atoms with E-state index in [0.29, 0.717) is 28.0 Å². The van der Waals surface area contributed by atoms with Crippen molar-refractivity contribution in [2.45, 2.75) is 19.6 Å². The van der Waals surface area contributed by atoms with Crippen LogP contribution in [0.1, 0.15) is 28.7 Å². The van der Waals surface area contributed by atoms with E-state index < -0.39 is 0 Å². The summed E-state index contributed by atoms with van der Waals surface area (Å²) in [5.41, 5.74) is 2.55. The summed E-state index contributed by atoms with van der Waals surface area (Å²) < 4.78 is 5.00. The fraction of sp³-hybridized carbons (Fsp3) is 0.182. The first kappa shape index (κ1) is 21.1. The Kier molecular flexibility index (Phi) is 7.68. The zero-order valence-corrected chi connectivity index (χ0v) is 15.5. The Bertz CT molecular complexity index is 911. The van der Waals surface area contributed by atoms with Gasteiger partial charge in [-0.25, -0.2) is 0 Å². The maximum absolute atomic E-state index is 12.0. The summed E-state index contributed by atoms with van der Waals surface area (Å²) in [4.78, 5) is 23.9.